The summed E-state index contributed by atoms with van der Waals surface area (Å²) in [5.74, 6) is 1.08. The Kier molecular flexibility index (Phi) is 4.28. The van der Waals surface area contributed by atoms with Crippen LogP contribution >= 0.6 is 0 Å². The third kappa shape index (κ3) is 3.48. The quantitative estimate of drug-likeness (QED) is 0.934. The van der Waals surface area contributed by atoms with Crippen LogP contribution < -0.4 is 10.2 Å². The molecule has 1 N–H and O–H groups in total. The monoisotopic (exact) mass is 283 g/mol. The molecule has 0 bridgehead atoms. The number of rotatable bonds is 4. The Morgan fingerprint density at radius 1 is 1.05 bits per heavy atom. The van der Waals surface area contributed by atoms with Gasteiger partial charge >= 0.3 is 0 Å². The minimum atomic E-state index is 0.112. The molecule has 1 saturated heterocycles. The van der Waals surface area contributed by atoms with Crippen LogP contribution in [0.3, 0.4) is 0 Å². The summed E-state index contributed by atoms with van der Waals surface area (Å²) in [6.45, 7) is 4.31. The molecule has 0 saturated carbocycles. The third-order valence-corrected chi connectivity index (χ3v) is 3.84. The summed E-state index contributed by atoms with van der Waals surface area (Å²) < 4.78 is 0. The van der Waals surface area contributed by atoms with Gasteiger partial charge in [-0.05, 0) is 38.3 Å². The molecule has 1 aliphatic rings. The zero-order valence-corrected chi connectivity index (χ0v) is 12.4. The van der Waals surface area contributed by atoms with Gasteiger partial charge in [0, 0.05) is 25.5 Å². The van der Waals surface area contributed by atoms with E-state index in [1.165, 1.54) is 19.3 Å². The first-order valence-electron chi connectivity index (χ1n) is 7.56. The first kappa shape index (κ1) is 13.8. The zero-order chi connectivity index (χ0) is 14.5. The molecule has 5 nitrogen and oxygen atoms in total. The van der Waals surface area contributed by atoms with Crippen molar-refractivity contribution >= 4 is 11.5 Å². The Balaban J connectivity index is 1.64. The van der Waals surface area contributed by atoms with Crippen molar-refractivity contribution in [1.29, 1.82) is 0 Å². The Bertz CT molecular complexity index is 549. The highest BCUT2D eigenvalue weighted by Gasteiger charge is 2.12. The van der Waals surface area contributed by atoms with E-state index in [1.54, 1.807) is 18.6 Å². The van der Waals surface area contributed by atoms with Crippen LogP contribution in [0, 0.1) is 0 Å². The van der Waals surface area contributed by atoms with E-state index in [2.05, 4.69) is 44.2 Å². The maximum absolute atomic E-state index is 4.58. The average Bonchev–Trinajstić information content (AvgIpc) is 2.57. The van der Waals surface area contributed by atoms with Gasteiger partial charge in [-0.15, -0.1) is 0 Å². The summed E-state index contributed by atoms with van der Waals surface area (Å²) in [6.07, 6.45) is 11.0. The second-order valence-corrected chi connectivity index (χ2v) is 5.45. The number of piperidine rings is 1. The van der Waals surface area contributed by atoms with Crippen molar-refractivity contribution in [1.82, 2.24) is 15.0 Å². The van der Waals surface area contributed by atoms with Crippen LogP contribution in [0.1, 0.15) is 37.9 Å². The van der Waals surface area contributed by atoms with Gasteiger partial charge < -0.3 is 10.2 Å². The Morgan fingerprint density at radius 2 is 1.90 bits per heavy atom. The predicted molar refractivity (Wildman–Crippen MR) is 84.4 cm³/mol. The lowest BCUT2D eigenvalue weighted by Crippen LogP contribution is -2.30. The number of hydrogen-bond acceptors (Lipinski definition) is 5. The molecule has 0 aromatic carbocycles. The third-order valence-electron chi connectivity index (χ3n) is 3.84. The van der Waals surface area contributed by atoms with E-state index >= 15 is 0 Å². The first-order valence-corrected chi connectivity index (χ1v) is 7.56. The van der Waals surface area contributed by atoms with Crippen molar-refractivity contribution in [3.8, 4) is 0 Å². The van der Waals surface area contributed by atoms with Crippen molar-refractivity contribution in [2.75, 3.05) is 23.3 Å². The largest absolute Gasteiger partial charge is 0.376 e. The molecule has 1 aliphatic heterocycles. The van der Waals surface area contributed by atoms with Crippen LogP contribution in [0.25, 0.3) is 0 Å². The molecular formula is C16H21N5. The Labute approximate surface area is 125 Å². The SMILES string of the molecule is CC(Nc1ccc(N2CCCCC2)nc1)c1cnccn1. The topological polar surface area (TPSA) is 53.9 Å². The van der Waals surface area contributed by atoms with Gasteiger partial charge in [0.15, 0.2) is 0 Å². The van der Waals surface area contributed by atoms with E-state index in [0.717, 1.165) is 30.3 Å². The summed E-state index contributed by atoms with van der Waals surface area (Å²) in [6, 6.07) is 4.29. The molecular weight excluding hydrogens is 262 g/mol. The van der Waals surface area contributed by atoms with Crippen LogP contribution in [-0.2, 0) is 0 Å². The van der Waals surface area contributed by atoms with E-state index in [1.807, 2.05) is 6.20 Å². The molecule has 2 aromatic rings. The Morgan fingerprint density at radius 3 is 2.57 bits per heavy atom. The van der Waals surface area contributed by atoms with Gasteiger partial charge in [0.05, 0.1) is 29.8 Å². The van der Waals surface area contributed by atoms with Gasteiger partial charge in [-0.25, -0.2) is 4.98 Å². The molecule has 0 aliphatic carbocycles. The lowest BCUT2D eigenvalue weighted by Gasteiger charge is -2.27. The maximum atomic E-state index is 4.58. The molecule has 3 heterocycles. The zero-order valence-electron chi connectivity index (χ0n) is 12.4. The fourth-order valence-corrected chi connectivity index (χ4v) is 2.64. The van der Waals surface area contributed by atoms with Crippen LogP contribution in [0.4, 0.5) is 11.5 Å². The minimum absolute atomic E-state index is 0.112. The average molecular weight is 283 g/mol. The van der Waals surface area contributed by atoms with Crippen molar-refractivity contribution in [3.63, 3.8) is 0 Å². The highest BCUT2D eigenvalue weighted by Crippen LogP contribution is 2.21. The van der Waals surface area contributed by atoms with Crippen molar-refractivity contribution in [2.24, 2.45) is 0 Å². The van der Waals surface area contributed by atoms with Crippen LogP contribution in [0.2, 0.25) is 0 Å². The first-order chi connectivity index (χ1) is 10.3. The minimum Gasteiger partial charge on any atom is -0.376 e. The normalized spacial score (nSPS) is 16.5. The molecule has 21 heavy (non-hydrogen) atoms. The molecule has 0 spiro atoms. The molecule has 1 unspecified atom stereocenters. The molecule has 1 atom stereocenters. The van der Waals surface area contributed by atoms with E-state index in [4.69, 9.17) is 0 Å². The summed E-state index contributed by atoms with van der Waals surface area (Å²) >= 11 is 0. The summed E-state index contributed by atoms with van der Waals surface area (Å²) in [4.78, 5) is 15.3. The lowest BCUT2D eigenvalue weighted by molar-refractivity contribution is 0.573. The van der Waals surface area contributed by atoms with E-state index in [0.29, 0.717) is 0 Å². The molecule has 1 fully saturated rings. The molecule has 3 rings (SSSR count). The maximum Gasteiger partial charge on any atom is 0.128 e. The Hall–Kier alpha value is -2.17. The van der Waals surface area contributed by atoms with Gasteiger partial charge in [-0.3, -0.25) is 9.97 Å². The number of nitrogens with zero attached hydrogens (tertiary/aromatic N) is 4. The molecule has 5 heteroatoms. The fraction of sp³-hybridized carbons (Fsp3) is 0.438. The molecule has 110 valence electrons. The second-order valence-electron chi connectivity index (χ2n) is 5.45. The second kappa shape index (κ2) is 6.52. The van der Waals surface area contributed by atoms with Crippen LogP contribution in [-0.4, -0.2) is 28.0 Å². The van der Waals surface area contributed by atoms with Gasteiger partial charge in [0.1, 0.15) is 5.82 Å². The highest BCUT2D eigenvalue weighted by atomic mass is 15.2. The van der Waals surface area contributed by atoms with Gasteiger partial charge in [-0.2, -0.15) is 0 Å². The summed E-state index contributed by atoms with van der Waals surface area (Å²) in [5.41, 5.74) is 1.94. The summed E-state index contributed by atoms with van der Waals surface area (Å²) in [5, 5.41) is 3.40. The number of nitrogens with one attached hydrogen (secondary N) is 1. The van der Waals surface area contributed by atoms with Crippen molar-refractivity contribution in [2.45, 2.75) is 32.2 Å². The lowest BCUT2D eigenvalue weighted by atomic mass is 10.1. The van der Waals surface area contributed by atoms with Crippen molar-refractivity contribution < 1.29 is 0 Å². The standard InChI is InChI=1S/C16H21N5/c1-13(15-12-17-7-8-18-15)20-14-5-6-16(19-11-14)21-9-3-2-4-10-21/h5-8,11-13,20H,2-4,9-10H2,1H3. The molecule has 2 aromatic heterocycles. The summed E-state index contributed by atoms with van der Waals surface area (Å²) in [7, 11) is 0. The van der Waals surface area contributed by atoms with E-state index in [-0.39, 0.29) is 6.04 Å². The van der Waals surface area contributed by atoms with E-state index in [9.17, 15) is 0 Å². The van der Waals surface area contributed by atoms with Gasteiger partial charge in [0.2, 0.25) is 0 Å². The number of anilines is 2. The predicted octanol–water partition coefficient (Wildman–Crippen LogP) is 3.04. The van der Waals surface area contributed by atoms with Crippen molar-refractivity contribution in [3.05, 3.63) is 42.6 Å². The smallest absolute Gasteiger partial charge is 0.128 e. The molecule has 0 amide bonds. The number of hydrogen-bond donors (Lipinski definition) is 1. The number of aromatic nitrogens is 3. The van der Waals surface area contributed by atoms with Crippen LogP contribution in [0.5, 0.6) is 0 Å². The van der Waals surface area contributed by atoms with Gasteiger partial charge in [0.25, 0.3) is 0 Å². The van der Waals surface area contributed by atoms with E-state index < -0.39 is 0 Å². The van der Waals surface area contributed by atoms with Gasteiger partial charge in [-0.1, -0.05) is 0 Å². The fourth-order valence-electron chi connectivity index (χ4n) is 2.64. The molecule has 0 radical (unpaired) electrons. The number of pyridine rings is 1. The van der Waals surface area contributed by atoms with Crippen LogP contribution in [0.15, 0.2) is 36.9 Å². The highest BCUT2D eigenvalue weighted by molar-refractivity contribution is 5.49.